The first kappa shape index (κ1) is 22.0. The Kier molecular flexibility index (Phi) is 6.51. The van der Waals surface area contributed by atoms with E-state index in [1.807, 2.05) is 47.6 Å². The van der Waals surface area contributed by atoms with Crippen molar-refractivity contribution in [3.8, 4) is 0 Å². The van der Waals surface area contributed by atoms with Gasteiger partial charge in [-0.25, -0.2) is 0 Å². The van der Waals surface area contributed by atoms with Gasteiger partial charge in [-0.15, -0.1) is 0 Å². The lowest BCUT2D eigenvalue weighted by molar-refractivity contribution is -0.137. The number of rotatable bonds is 5. The minimum Gasteiger partial charge on any atom is -0.379 e. The molecular formula is C26H29N3O3. The van der Waals surface area contributed by atoms with Crippen LogP contribution in [0, 0.1) is 5.92 Å². The molecule has 0 spiro atoms. The summed E-state index contributed by atoms with van der Waals surface area (Å²) >= 11 is 0. The average Bonchev–Trinajstić information content (AvgIpc) is 3.04. The Balaban J connectivity index is 1.47. The SMILES string of the molecule is CC(C)(NC(=O)c1ccccc1)C(=O)N1CCOC[C@H](Cc2cncc3ccccc23)C1. The van der Waals surface area contributed by atoms with Crippen LogP contribution in [-0.4, -0.2) is 53.5 Å². The number of aromatic nitrogens is 1. The van der Waals surface area contributed by atoms with Crippen molar-refractivity contribution in [1.82, 2.24) is 15.2 Å². The molecular weight excluding hydrogens is 402 g/mol. The van der Waals surface area contributed by atoms with E-state index in [0.717, 1.165) is 17.4 Å². The van der Waals surface area contributed by atoms with E-state index in [1.54, 1.807) is 26.0 Å². The highest BCUT2D eigenvalue weighted by molar-refractivity contribution is 5.98. The van der Waals surface area contributed by atoms with Crippen LogP contribution in [-0.2, 0) is 16.0 Å². The topological polar surface area (TPSA) is 71.5 Å². The molecule has 0 aliphatic carbocycles. The van der Waals surface area contributed by atoms with E-state index in [4.69, 9.17) is 4.74 Å². The van der Waals surface area contributed by atoms with Crippen molar-refractivity contribution in [2.24, 2.45) is 5.92 Å². The Morgan fingerprint density at radius 2 is 1.84 bits per heavy atom. The first-order valence-electron chi connectivity index (χ1n) is 11.0. The Morgan fingerprint density at radius 1 is 1.09 bits per heavy atom. The van der Waals surface area contributed by atoms with Gasteiger partial charge in [-0.3, -0.25) is 14.6 Å². The van der Waals surface area contributed by atoms with Crippen LogP contribution in [0.1, 0.15) is 29.8 Å². The summed E-state index contributed by atoms with van der Waals surface area (Å²) < 4.78 is 5.83. The second kappa shape index (κ2) is 9.49. The summed E-state index contributed by atoms with van der Waals surface area (Å²) in [6, 6.07) is 17.2. The van der Waals surface area contributed by atoms with Crippen LogP contribution in [0.3, 0.4) is 0 Å². The monoisotopic (exact) mass is 431 g/mol. The maximum Gasteiger partial charge on any atom is 0.252 e. The number of pyridine rings is 1. The Morgan fingerprint density at radius 3 is 2.66 bits per heavy atom. The highest BCUT2D eigenvalue weighted by Gasteiger charge is 2.35. The van der Waals surface area contributed by atoms with Crippen LogP contribution in [0.25, 0.3) is 10.8 Å². The maximum absolute atomic E-state index is 13.4. The Hall–Kier alpha value is -3.25. The molecule has 3 aromatic rings. The zero-order valence-electron chi connectivity index (χ0n) is 18.6. The van der Waals surface area contributed by atoms with Crippen molar-refractivity contribution < 1.29 is 14.3 Å². The summed E-state index contributed by atoms with van der Waals surface area (Å²) in [5.74, 6) is -0.212. The number of amides is 2. The molecule has 6 nitrogen and oxygen atoms in total. The standard InChI is InChI=1S/C26H29N3O3/c1-26(2,28-24(30)20-8-4-3-5-9-20)25(31)29-12-13-32-18-19(17-29)14-22-16-27-15-21-10-6-7-11-23(21)22/h3-11,15-16,19H,12-14,17-18H2,1-2H3,(H,28,30)/t19-/m1/s1. The molecule has 0 unspecified atom stereocenters. The van der Waals surface area contributed by atoms with Gasteiger partial charge in [0.25, 0.3) is 5.91 Å². The van der Waals surface area contributed by atoms with E-state index < -0.39 is 5.54 Å². The van der Waals surface area contributed by atoms with E-state index in [9.17, 15) is 9.59 Å². The van der Waals surface area contributed by atoms with Crippen LogP contribution < -0.4 is 5.32 Å². The van der Waals surface area contributed by atoms with Gasteiger partial charge in [0.2, 0.25) is 5.91 Å². The summed E-state index contributed by atoms with van der Waals surface area (Å²) in [6.45, 7) is 5.67. The lowest BCUT2D eigenvalue weighted by atomic mass is 9.95. The second-order valence-electron chi connectivity index (χ2n) is 8.86. The van der Waals surface area contributed by atoms with Gasteiger partial charge >= 0.3 is 0 Å². The number of carbonyl (C=O) groups excluding carboxylic acids is 2. The molecule has 1 aliphatic rings. The molecule has 4 rings (SSSR count). The molecule has 1 atom stereocenters. The zero-order valence-corrected chi connectivity index (χ0v) is 18.6. The summed E-state index contributed by atoms with van der Waals surface area (Å²) in [7, 11) is 0. The van der Waals surface area contributed by atoms with Crippen molar-refractivity contribution in [3.05, 3.63) is 78.1 Å². The summed E-state index contributed by atoms with van der Waals surface area (Å²) in [4.78, 5) is 32.2. The number of hydrogen-bond acceptors (Lipinski definition) is 4. The molecule has 0 bridgehead atoms. The van der Waals surface area contributed by atoms with Crippen molar-refractivity contribution >= 4 is 22.6 Å². The lowest BCUT2D eigenvalue weighted by Crippen LogP contribution is -2.56. The minimum absolute atomic E-state index is 0.103. The first-order valence-corrected chi connectivity index (χ1v) is 11.0. The average molecular weight is 432 g/mol. The van der Waals surface area contributed by atoms with E-state index in [0.29, 0.717) is 31.9 Å². The van der Waals surface area contributed by atoms with Gasteiger partial charge in [0, 0.05) is 42.4 Å². The smallest absolute Gasteiger partial charge is 0.252 e. The van der Waals surface area contributed by atoms with Crippen molar-refractivity contribution in [2.45, 2.75) is 25.8 Å². The molecule has 1 saturated heterocycles. The highest BCUT2D eigenvalue weighted by Crippen LogP contribution is 2.22. The quantitative estimate of drug-likeness (QED) is 0.672. The van der Waals surface area contributed by atoms with Crippen molar-refractivity contribution in [1.29, 1.82) is 0 Å². The molecule has 32 heavy (non-hydrogen) atoms. The predicted molar refractivity (Wildman–Crippen MR) is 124 cm³/mol. The number of carbonyl (C=O) groups is 2. The number of benzene rings is 2. The van der Waals surface area contributed by atoms with Gasteiger partial charge in [-0.05, 0) is 43.4 Å². The van der Waals surface area contributed by atoms with Gasteiger partial charge in [0.15, 0.2) is 0 Å². The van der Waals surface area contributed by atoms with Gasteiger partial charge in [0.1, 0.15) is 5.54 Å². The van der Waals surface area contributed by atoms with Crippen LogP contribution in [0.2, 0.25) is 0 Å². The third kappa shape index (κ3) is 4.97. The van der Waals surface area contributed by atoms with Crippen LogP contribution in [0.15, 0.2) is 67.0 Å². The number of nitrogens with one attached hydrogen (secondary N) is 1. The molecule has 2 heterocycles. The van der Waals surface area contributed by atoms with Crippen molar-refractivity contribution in [2.75, 3.05) is 26.3 Å². The lowest BCUT2D eigenvalue weighted by Gasteiger charge is -2.33. The first-order chi connectivity index (χ1) is 15.4. The van der Waals surface area contributed by atoms with Crippen LogP contribution in [0.4, 0.5) is 0 Å². The fourth-order valence-corrected chi connectivity index (χ4v) is 4.24. The van der Waals surface area contributed by atoms with E-state index in [-0.39, 0.29) is 17.7 Å². The number of ether oxygens (including phenoxy) is 1. The second-order valence-corrected chi connectivity index (χ2v) is 8.86. The maximum atomic E-state index is 13.4. The third-order valence-corrected chi connectivity index (χ3v) is 5.88. The minimum atomic E-state index is -1.02. The molecule has 0 radical (unpaired) electrons. The molecule has 0 saturated carbocycles. The van der Waals surface area contributed by atoms with Crippen molar-refractivity contribution in [3.63, 3.8) is 0 Å². The van der Waals surface area contributed by atoms with E-state index in [2.05, 4.69) is 22.4 Å². The Bertz CT molecular complexity index is 1090. The fraction of sp³-hybridized carbons (Fsp3) is 0.346. The molecule has 1 aromatic heterocycles. The molecule has 6 heteroatoms. The summed E-state index contributed by atoms with van der Waals surface area (Å²) in [5, 5.41) is 5.19. The van der Waals surface area contributed by atoms with Crippen LogP contribution >= 0.6 is 0 Å². The number of hydrogen-bond donors (Lipinski definition) is 1. The van der Waals surface area contributed by atoms with E-state index in [1.165, 1.54) is 5.39 Å². The fourth-order valence-electron chi connectivity index (χ4n) is 4.24. The normalized spacial score (nSPS) is 17.1. The third-order valence-electron chi connectivity index (χ3n) is 5.88. The highest BCUT2D eigenvalue weighted by atomic mass is 16.5. The van der Waals surface area contributed by atoms with Crippen LogP contribution in [0.5, 0.6) is 0 Å². The van der Waals surface area contributed by atoms with Gasteiger partial charge in [0.05, 0.1) is 13.2 Å². The summed E-state index contributed by atoms with van der Waals surface area (Å²) in [6.07, 6.45) is 4.55. The molecule has 1 aliphatic heterocycles. The summed E-state index contributed by atoms with van der Waals surface area (Å²) in [5.41, 5.74) is 0.666. The molecule has 2 amide bonds. The Labute approximate surface area is 188 Å². The zero-order chi connectivity index (χ0) is 22.6. The largest absolute Gasteiger partial charge is 0.379 e. The number of nitrogens with zero attached hydrogens (tertiary/aromatic N) is 2. The van der Waals surface area contributed by atoms with E-state index >= 15 is 0 Å². The molecule has 2 aromatic carbocycles. The molecule has 1 fully saturated rings. The van der Waals surface area contributed by atoms with Gasteiger partial charge in [-0.2, -0.15) is 0 Å². The number of fused-ring (bicyclic) bond motifs is 1. The predicted octanol–water partition coefficient (Wildman–Crippen LogP) is 3.46. The van der Waals surface area contributed by atoms with Gasteiger partial charge < -0.3 is 15.0 Å². The molecule has 1 N–H and O–H groups in total. The molecule has 166 valence electrons. The van der Waals surface area contributed by atoms with Gasteiger partial charge in [-0.1, -0.05) is 42.5 Å².